The molecule has 0 amide bonds. The molecule has 0 aromatic carbocycles. The molecular formula is C13H14Cl2N2S. The van der Waals surface area contributed by atoms with E-state index in [1.165, 1.54) is 9.75 Å². The normalized spacial score (nSPS) is 12.7. The first-order valence-corrected chi connectivity index (χ1v) is 7.29. The van der Waals surface area contributed by atoms with Crippen LogP contribution in [0.3, 0.4) is 0 Å². The smallest absolute Gasteiger partial charge is 0.0860 e. The Morgan fingerprint density at radius 1 is 1.39 bits per heavy atom. The third-order valence-corrected chi connectivity index (χ3v) is 4.14. The lowest BCUT2D eigenvalue weighted by molar-refractivity contribution is 0.624. The van der Waals surface area contributed by atoms with E-state index in [0.29, 0.717) is 10.0 Å². The zero-order valence-electron chi connectivity index (χ0n) is 10.2. The van der Waals surface area contributed by atoms with Crippen molar-refractivity contribution in [3.05, 3.63) is 49.9 Å². The van der Waals surface area contributed by atoms with Gasteiger partial charge in [-0.1, -0.05) is 30.1 Å². The van der Waals surface area contributed by atoms with Crippen molar-refractivity contribution in [1.29, 1.82) is 0 Å². The van der Waals surface area contributed by atoms with Crippen molar-refractivity contribution in [3.8, 4) is 0 Å². The van der Waals surface area contributed by atoms with E-state index in [1.807, 2.05) is 0 Å². The number of aryl methyl sites for hydroxylation is 1. The Labute approximate surface area is 121 Å². The van der Waals surface area contributed by atoms with Gasteiger partial charge < -0.3 is 5.32 Å². The van der Waals surface area contributed by atoms with E-state index in [1.54, 1.807) is 23.6 Å². The van der Waals surface area contributed by atoms with Crippen LogP contribution < -0.4 is 5.32 Å². The molecule has 2 heterocycles. The second-order valence-corrected chi connectivity index (χ2v) is 6.12. The van der Waals surface area contributed by atoms with Crippen LogP contribution in [-0.4, -0.2) is 11.5 Å². The van der Waals surface area contributed by atoms with Gasteiger partial charge >= 0.3 is 0 Å². The molecule has 5 heteroatoms. The average molecular weight is 301 g/mol. The van der Waals surface area contributed by atoms with E-state index in [9.17, 15) is 0 Å². The number of nitrogens with one attached hydrogen (secondary N) is 1. The number of thiophene rings is 1. The highest BCUT2D eigenvalue weighted by atomic mass is 35.5. The summed E-state index contributed by atoms with van der Waals surface area (Å²) in [6.45, 7) is 5.01. The lowest BCUT2D eigenvalue weighted by atomic mass is 10.1. The van der Waals surface area contributed by atoms with Gasteiger partial charge in [-0.3, -0.25) is 4.98 Å². The maximum Gasteiger partial charge on any atom is 0.0860 e. The standard InChI is InChI=1S/C13H14Cl2N2S/c1-3-16-13(11-5-4-8(2)18-11)12-10(15)6-9(14)7-17-12/h4-7,13,16H,3H2,1-2H3. The van der Waals surface area contributed by atoms with E-state index in [-0.39, 0.29) is 6.04 Å². The van der Waals surface area contributed by atoms with E-state index in [2.05, 4.69) is 36.3 Å². The van der Waals surface area contributed by atoms with Gasteiger partial charge in [-0.2, -0.15) is 0 Å². The van der Waals surface area contributed by atoms with Crippen LogP contribution in [0.4, 0.5) is 0 Å². The highest BCUT2D eigenvalue weighted by Crippen LogP contribution is 2.31. The summed E-state index contributed by atoms with van der Waals surface area (Å²) in [5, 5.41) is 4.56. The van der Waals surface area contributed by atoms with Crippen LogP contribution >= 0.6 is 34.5 Å². The molecule has 18 heavy (non-hydrogen) atoms. The topological polar surface area (TPSA) is 24.9 Å². The number of pyridine rings is 1. The maximum absolute atomic E-state index is 6.23. The van der Waals surface area contributed by atoms with Crippen molar-refractivity contribution in [2.24, 2.45) is 0 Å². The van der Waals surface area contributed by atoms with Crippen molar-refractivity contribution in [1.82, 2.24) is 10.3 Å². The van der Waals surface area contributed by atoms with Crippen LogP contribution in [0.2, 0.25) is 10.0 Å². The van der Waals surface area contributed by atoms with Crippen LogP contribution in [0, 0.1) is 6.92 Å². The summed E-state index contributed by atoms with van der Waals surface area (Å²) in [5.74, 6) is 0. The van der Waals surface area contributed by atoms with Crippen LogP contribution in [0.1, 0.15) is 28.4 Å². The lowest BCUT2D eigenvalue weighted by Crippen LogP contribution is -2.22. The quantitative estimate of drug-likeness (QED) is 0.902. The molecule has 1 unspecified atom stereocenters. The fraction of sp³-hybridized carbons (Fsp3) is 0.308. The van der Waals surface area contributed by atoms with Crippen LogP contribution in [0.25, 0.3) is 0 Å². The average Bonchev–Trinajstić information content (AvgIpc) is 2.73. The molecule has 0 aliphatic carbocycles. The van der Waals surface area contributed by atoms with Crippen LogP contribution in [-0.2, 0) is 0 Å². The van der Waals surface area contributed by atoms with Crippen LogP contribution in [0.5, 0.6) is 0 Å². The molecule has 2 aromatic rings. The van der Waals surface area contributed by atoms with Gasteiger partial charge in [0, 0.05) is 16.0 Å². The van der Waals surface area contributed by atoms with Gasteiger partial charge in [0.2, 0.25) is 0 Å². The molecule has 0 aliphatic heterocycles. The molecule has 0 fully saturated rings. The summed E-state index contributed by atoms with van der Waals surface area (Å²) in [7, 11) is 0. The Bertz CT molecular complexity index is 540. The Morgan fingerprint density at radius 2 is 2.17 bits per heavy atom. The van der Waals surface area contributed by atoms with Gasteiger partial charge in [-0.25, -0.2) is 0 Å². The molecule has 2 nitrogen and oxygen atoms in total. The fourth-order valence-corrected chi connectivity index (χ4v) is 3.23. The number of halogens is 2. The van der Waals surface area contributed by atoms with Gasteiger partial charge in [0.25, 0.3) is 0 Å². The number of nitrogens with zero attached hydrogens (tertiary/aromatic N) is 1. The Hall–Kier alpha value is -0.610. The molecule has 96 valence electrons. The first kappa shape index (κ1) is 13.8. The molecule has 0 aliphatic rings. The Kier molecular flexibility index (Phi) is 4.62. The molecule has 0 bridgehead atoms. The van der Waals surface area contributed by atoms with Crippen molar-refractivity contribution in [2.75, 3.05) is 6.54 Å². The summed E-state index contributed by atoms with van der Waals surface area (Å²) in [5.41, 5.74) is 0.824. The first-order valence-electron chi connectivity index (χ1n) is 5.72. The summed E-state index contributed by atoms with van der Waals surface area (Å²) in [6.07, 6.45) is 1.63. The molecular weight excluding hydrogens is 287 g/mol. The minimum absolute atomic E-state index is 0.0264. The maximum atomic E-state index is 6.23. The second-order valence-electron chi connectivity index (χ2n) is 3.96. The van der Waals surface area contributed by atoms with Crippen molar-refractivity contribution < 1.29 is 0 Å². The fourth-order valence-electron chi connectivity index (χ4n) is 1.78. The zero-order valence-corrected chi connectivity index (χ0v) is 12.5. The monoisotopic (exact) mass is 300 g/mol. The molecule has 1 atom stereocenters. The number of aromatic nitrogens is 1. The second kappa shape index (κ2) is 6.02. The minimum atomic E-state index is 0.0264. The van der Waals surface area contributed by atoms with Crippen LogP contribution in [0.15, 0.2) is 24.4 Å². The van der Waals surface area contributed by atoms with Gasteiger partial charge in [0.05, 0.1) is 21.8 Å². The summed E-state index contributed by atoms with van der Waals surface area (Å²) >= 11 is 13.9. The third-order valence-electron chi connectivity index (χ3n) is 2.56. The molecule has 1 N–H and O–H groups in total. The lowest BCUT2D eigenvalue weighted by Gasteiger charge is -2.17. The van der Waals surface area contributed by atoms with E-state index in [4.69, 9.17) is 23.2 Å². The first-order chi connectivity index (χ1) is 8.61. The third kappa shape index (κ3) is 3.04. The van der Waals surface area contributed by atoms with Gasteiger partial charge in [-0.15, -0.1) is 11.3 Å². The Balaban J connectivity index is 2.41. The Morgan fingerprint density at radius 3 is 2.72 bits per heavy atom. The number of hydrogen-bond donors (Lipinski definition) is 1. The van der Waals surface area contributed by atoms with Gasteiger partial charge in [-0.05, 0) is 31.7 Å². The van der Waals surface area contributed by atoms with Gasteiger partial charge in [0.15, 0.2) is 0 Å². The molecule has 0 radical (unpaired) electrons. The van der Waals surface area contributed by atoms with Gasteiger partial charge in [0.1, 0.15) is 0 Å². The molecule has 0 saturated heterocycles. The summed E-state index contributed by atoms with van der Waals surface area (Å²) < 4.78 is 0. The highest BCUT2D eigenvalue weighted by molar-refractivity contribution is 7.12. The number of rotatable bonds is 4. The SMILES string of the molecule is CCNC(c1ccc(C)s1)c1ncc(Cl)cc1Cl. The van der Waals surface area contributed by atoms with Crippen molar-refractivity contribution in [3.63, 3.8) is 0 Å². The summed E-state index contributed by atoms with van der Waals surface area (Å²) in [4.78, 5) is 6.85. The van der Waals surface area contributed by atoms with Crippen molar-refractivity contribution in [2.45, 2.75) is 19.9 Å². The van der Waals surface area contributed by atoms with E-state index >= 15 is 0 Å². The molecule has 0 saturated carbocycles. The minimum Gasteiger partial charge on any atom is -0.305 e. The molecule has 2 aromatic heterocycles. The highest BCUT2D eigenvalue weighted by Gasteiger charge is 2.19. The summed E-state index contributed by atoms with van der Waals surface area (Å²) in [6, 6.07) is 5.98. The number of hydrogen-bond acceptors (Lipinski definition) is 3. The van der Waals surface area contributed by atoms with Crippen molar-refractivity contribution >= 4 is 34.5 Å². The molecule has 0 spiro atoms. The predicted molar refractivity (Wildman–Crippen MR) is 78.8 cm³/mol. The zero-order chi connectivity index (χ0) is 13.1. The van der Waals surface area contributed by atoms with E-state index < -0.39 is 0 Å². The largest absolute Gasteiger partial charge is 0.305 e. The van der Waals surface area contributed by atoms with E-state index in [0.717, 1.165) is 12.2 Å². The molecule has 2 rings (SSSR count). The predicted octanol–water partition coefficient (Wildman–Crippen LogP) is 4.46.